The van der Waals surface area contributed by atoms with Crippen LogP contribution < -0.4 is 25.7 Å². The first-order chi connectivity index (χ1) is 14.7. The van der Waals surface area contributed by atoms with Crippen LogP contribution >= 0.6 is 11.8 Å². The molecule has 154 valence electrons. The Balaban J connectivity index is 1.40. The van der Waals surface area contributed by atoms with Crippen molar-refractivity contribution in [3.8, 4) is 11.5 Å². The third-order valence-electron chi connectivity index (χ3n) is 5.62. The largest absolute Gasteiger partial charge is 0.486 e. The number of hydrogen-bond acceptors (Lipinski definition) is 7. The average molecular weight is 422 g/mol. The van der Waals surface area contributed by atoms with E-state index in [-0.39, 0.29) is 5.49 Å². The molecule has 10 heteroatoms. The number of hydrogen-bond donors (Lipinski definition) is 3. The molecule has 0 atom stereocenters. The quantitative estimate of drug-likeness (QED) is 0.537. The summed E-state index contributed by atoms with van der Waals surface area (Å²) >= 11 is 1.42. The lowest BCUT2D eigenvalue weighted by atomic mass is 9.95. The summed E-state index contributed by atoms with van der Waals surface area (Å²) in [6.45, 7) is 4.08. The maximum atomic E-state index is 8.17. The maximum Gasteiger partial charge on any atom is 0.173 e. The summed E-state index contributed by atoms with van der Waals surface area (Å²) in [5.74, 6) is 2.07. The molecule has 2 aromatic heterocycles. The summed E-state index contributed by atoms with van der Waals surface area (Å²) in [5, 5.41) is 12.3. The molecule has 1 aromatic carbocycles. The van der Waals surface area contributed by atoms with Crippen LogP contribution in [0.4, 0.5) is 0 Å². The minimum atomic E-state index is 0.192. The van der Waals surface area contributed by atoms with Crippen molar-refractivity contribution in [3.63, 3.8) is 0 Å². The van der Waals surface area contributed by atoms with Crippen LogP contribution in [0.25, 0.3) is 11.2 Å². The molecular weight excluding hydrogens is 399 g/mol. The van der Waals surface area contributed by atoms with Gasteiger partial charge in [-0.1, -0.05) is 17.2 Å². The summed E-state index contributed by atoms with van der Waals surface area (Å²) in [4.78, 5) is 13.1. The molecule has 2 aliphatic rings. The standard InChI is InChI=1S/C20H23BN6O2S/c21-13-9-14-15(29-8-7-28-14)10-16(13)30-20-25-17-18(22)24-11-27(19(17)26-20)6-3-12-1-4-23-5-2-12/h9-12,22-23H,1-8H2,(H,25,26). The van der Waals surface area contributed by atoms with Gasteiger partial charge in [0.25, 0.3) is 0 Å². The molecule has 0 bridgehead atoms. The van der Waals surface area contributed by atoms with E-state index >= 15 is 0 Å². The fraction of sp³-hybridized carbons (Fsp3) is 0.450. The second kappa shape index (κ2) is 8.35. The second-order valence-electron chi connectivity index (χ2n) is 7.64. The topological polar surface area (TPSA) is 101 Å². The number of fused-ring (bicyclic) bond motifs is 2. The summed E-state index contributed by atoms with van der Waals surface area (Å²) < 4.78 is 13.3. The van der Waals surface area contributed by atoms with Gasteiger partial charge in [0.1, 0.15) is 26.6 Å². The van der Waals surface area contributed by atoms with Gasteiger partial charge in [0.05, 0.1) is 6.33 Å². The van der Waals surface area contributed by atoms with E-state index in [1.165, 1.54) is 24.6 Å². The lowest BCUT2D eigenvalue weighted by Crippen LogP contribution is -2.28. The summed E-state index contributed by atoms with van der Waals surface area (Å²) in [6.07, 6.45) is 5.22. The molecule has 3 aromatic rings. The number of aromatic nitrogens is 4. The van der Waals surface area contributed by atoms with Crippen molar-refractivity contribution >= 4 is 36.2 Å². The van der Waals surface area contributed by atoms with Gasteiger partial charge in [-0.15, -0.1) is 0 Å². The predicted octanol–water partition coefficient (Wildman–Crippen LogP) is 1.34. The molecule has 0 amide bonds. The minimum Gasteiger partial charge on any atom is -0.486 e. The highest BCUT2D eigenvalue weighted by Gasteiger charge is 2.17. The first kappa shape index (κ1) is 19.5. The highest BCUT2D eigenvalue weighted by molar-refractivity contribution is 7.99. The lowest BCUT2D eigenvalue weighted by molar-refractivity contribution is 0.171. The Kier molecular flexibility index (Phi) is 5.43. The van der Waals surface area contributed by atoms with Gasteiger partial charge < -0.3 is 24.3 Å². The third-order valence-corrected chi connectivity index (χ3v) is 6.58. The molecule has 0 unspecified atom stereocenters. The molecule has 5 rings (SSSR count). The average Bonchev–Trinajstić information content (AvgIpc) is 3.19. The second-order valence-corrected chi connectivity index (χ2v) is 8.68. The molecule has 0 spiro atoms. The van der Waals surface area contributed by atoms with Gasteiger partial charge in [0.15, 0.2) is 27.8 Å². The Hall–Kier alpha value is -2.46. The van der Waals surface area contributed by atoms with E-state index in [2.05, 4.69) is 15.3 Å². The summed E-state index contributed by atoms with van der Waals surface area (Å²) in [6, 6.07) is 3.67. The van der Waals surface area contributed by atoms with Crippen molar-refractivity contribution in [1.82, 2.24) is 24.8 Å². The van der Waals surface area contributed by atoms with Crippen molar-refractivity contribution in [2.24, 2.45) is 5.92 Å². The first-order valence-corrected chi connectivity index (χ1v) is 11.1. The number of H-pyrrole nitrogens is 1. The highest BCUT2D eigenvalue weighted by atomic mass is 32.2. The van der Waals surface area contributed by atoms with Crippen LogP contribution in [-0.2, 0) is 6.54 Å². The van der Waals surface area contributed by atoms with Gasteiger partial charge >= 0.3 is 0 Å². The lowest BCUT2D eigenvalue weighted by Gasteiger charge is -2.22. The Labute approximate surface area is 179 Å². The number of aryl methyl sites for hydroxylation is 1. The summed E-state index contributed by atoms with van der Waals surface area (Å²) in [5.41, 5.74) is 2.19. The Morgan fingerprint density at radius 2 is 1.97 bits per heavy atom. The van der Waals surface area contributed by atoms with E-state index in [0.29, 0.717) is 40.8 Å². The number of piperidine rings is 1. The third kappa shape index (κ3) is 3.93. The van der Waals surface area contributed by atoms with E-state index < -0.39 is 0 Å². The molecule has 2 radical (unpaired) electrons. The zero-order chi connectivity index (χ0) is 20.5. The van der Waals surface area contributed by atoms with E-state index in [1.807, 2.05) is 10.6 Å². The predicted molar refractivity (Wildman–Crippen MR) is 115 cm³/mol. The fourth-order valence-electron chi connectivity index (χ4n) is 3.94. The normalized spacial score (nSPS) is 16.8. The Bertz CT molecular complexity index is 1120. The zero-order valence-electron chi connectivity index (χ0n) is 16.6. The monoisotopic (exact) mass is 422 g/mol. The van der Waals surface area contributed by atoms with Crippen molar-refractivity contribution < 1.29 is 9.47 Å². The highest BCUT2D eigenvalue weighted by Crippen LogP contribution is 2.35. The molecule has 4 heterocycles. The molecule has 0 aliphatic carbocycles. The van der Waals surface area contributed by atoms with Crippen molar-refractivity contribution in [2.75, 3.05) is 26.3 Å². The van der Waals surface area contributed by atoms with Crippen LogP contribution in [0.1, 0.15) is 19.3 Å². The van der Waals surface area contributed by atoms with Crippen molar-refractivity contribution in [2.45, 2.75) is 35.9 Å². The van der Waals surface area contributed by atoms with Crippen molar-refractivity contribution in [1.29, 1.82) is 5.41 Å². The minimum absolute atomic E-state index is 0.192. The van der Waals surface area contributed by atoms with Crippen LogP contribution in [-0.4, -0.2) is 53.7 Å². The molecule has 1 fully saturated rings. The first-order valence-electron chi connectivity index (χ1n) is 10.2. The van der Waals surface area contributed by atoms with Gasteiger partial charge in [-0.05, 0) is 50.4 Å². The van der Waals surface area contributed by atoms with E-state index in [4.69, 9.17) is 27.7 Å². The summed E-state index contributed by atoms with van der Waals surface area (Å²) in [7, 11) is 6.22. The van der Waals surface area contributed by atoms with E-state index in [9.17, 15) is 0 Å². The van der Waals surface area contributed by atoms with E-state index in [1.54, 1.807) is 12.4 Å². The maximum absolute atomic E-state index is 8.17. The number of imidazole rings is 1. The molecule has 2 aliphatic heterocycles. The SMILES string of the molecule is [B]c1cc2c(cc1Sc1nc3c([nH]1)c(=N)ncn3CCC1CCNCC1)OCCO2. The Morgan fingerprint density at radius 3 is 2.77 bits per heavy atom. The van der Waals surface area contributed by atoms with Gasteiger partial charge in [0.2, 0.25) is 0 Å². The molecule has 1 saturated heterocycles. The number of benzene rings is 1. The smallest absolute Gasteiger partial charge is 0.173 e. The molecule has 3 N–H and O–H groups in total. The molecule has 30 heavy (non-hydrogen) atoms. The van der Waals surface area contributed by atoms with Crippen LogP contribution in [0.2, 0.25) is 0 Å². The number of nitrogens with zero attached hydrogens (tertiary/aromatic N) is 3. The van der Waals surface area contributed by atoms with Crippen LogP contribution in [0.5, 0.6) is 11.5 Å². The zero-order valence-corrected chi connectivity index (χ0v) is 17.4. The molecular formula is C20H23BN6O2S. The Morgan fingerprint density at radius 1 is 1.20 bits per heavy atom. The number of aromatic amines is 1. The van der Waals surface area contributed by atoms with Gasteiger partial charge in [-0.2, -0.15) is 0 Å². The van der Waals surface area contributed by atoms with Gasteiger partial charge in [0, 0.05) is 11.4 Å². The molecule has 0 saturated carbocycles. The van der Waals surface area contributed by atoms with Crippen molar-refractivity contribution in [3.05, 3.63) is 23.9 Å². The van der Waals surface area contributed by atoms with Crippen LogP contribution in [0, 0.1) is 11.3 Å². The van der Waals surface area contributed by atoms with Crippen LogP contribution in [0.15, 0.2) is 28.5 Å². The van der Waals surface area contributed by atoms with E-state index in [0.717, 1.165) is 42.5 Å². The number of rotatable bonds is 5. The molecule has 8 nitrogen and oxygen atoms in total. The van der Waals surface area contributed by atoms with Gasteiger partial charge in [-0.3, -0.25) is 5.41 Å². The fourth-order valence-corrected chi connectivity index (χ4v) is 4.78. The van der Waals surface area contributed by atoms with Crippen LogP contribution in [0.3, 0.4) is 0 Å². The number of ether oxygens (including phenoxy) is 2. The number of nitrogens with one attached hydrogen (secondary N) is 3. The van der Waals surface area contributed by atoms with Gasteiger partial charge in [-0.25, -0.2) is 9.97 Å².